The third kappa shape index (κ3) is 3.08. The average Bonchev–Trinajstić information content (AvgIpc) is 2.51. The number of nitrogens with one attached hydrogen (secondary N) is 1. The molecule has 1 aromatic heterocycles. The fraction of sp³-hybridized carbons (Fsp3) is 0.556. The third-order valence-electron chi connectivity index (χ3n) is 1.74. The Labute approximate surface area is 87.4 Å². The van der Waals surface area contributed by atoms with Crippen LogP contribution in [-0.2, 0) is 9.53 Å². The average molecular weight is 214 g/mol. The van der Waals surface area contributed by atoms with Crippen molar-refractivity contribution in [3.05, 3.63) is 11.8 Å². The molecule has 0 saturated carbocycles. The van der Waals surface area contributed by atoms with E-state index in [0.717, 1.165) is 10.7 Å². The van der Waals surface area contributed by atoms with Gasteiger partial charge in [0.1, 0.15) is 5.00 Å². The van der Waals surface area contributed by atoms with Crippen LogP contribution in [0.4, 0.5) is 5.00 Å². The second kappa shape index (κ2) is 5.07. The third-order valence-corrected chi connectivity index (χ3v) is 2.53. The maximum atomic E-state index is 11.5. The van der Waals surface area contributed by atoms with Gasteiger partial charge in [0, 0.05) is 7.11 Å². The zero-order valence-electron chi connectivity index (χ0n) is 8.53. The highest BCUT2D eigenvalue weighted by Crippen LogP contribution is 2.16. The van der Waals surface area contributed by atoms with E-state index in [1.54, 1.807) is 7.11 Å². The summed E-state index contributed by atoms with van der Waals surface area (Å²) in [4.78, 5) is 11.5. The number of carbonyl (C=O) groups is 1. The van der Waals surface area contributed by atoms with Gasteiger partial charge in [-0.1, -0.05) is 6.92 Å². The first-order valence-electron chi connectivity index (χ1n) is 4.36. The van der Waals surface area contributed by atoms with Gasteiger partial charge in [-0.25, -0.2) is 0 Å². The molecule has 0 spiro atoms. The summed E-state index contributed by atoms with van der Waals surface area (Å²) in [7, 11) is 1.58. The molecular weight excluding hydrogens is 200 g/mol. The molecule has 0 aromatic carbocycles. The summed E-state index contributed by atoms with van der Waals surface area (Å²) in [6.07, 6.45) is 0. The van der Waals surface area contributed by atoms with Gasteiger partial charge in [-0.3, -0.25) is 4.79 Å². The Kier molecular flexibility index (Phi) is 4.03. The number of ether oxygens (including phenoxy) is 1. The Hall–Kier alpha value is -0.940. The van der Waals surface area contributed by atoms with E-state index in [-0.39, 0.29) is 11.8 Å². The molecule has 0 aliphatic heterocycles. The first-order chi connectivity index (χ1) is 6.63. The number of aromatic nitrogens is 1. The van der Waals surface area contributed by atoms with Gasteiger partial charge in [0.15, 0.2) is 0 Å². The van der Waals surface area contributed by atoms with Gasteiger partial charge >= 0.3 is 0 Å². The Bertz CT molecular complexity index is 312. The second-order valence-electron chi connectivity index (χ2n) is 3.18. The summed E-state index contributed by atoms with van der Waals surface area (Å²) in [5, 5.41) is 3.57. The lowest BCUT2D eigenvalue weighted by Gasteiger charge is -2.08. The van der Waals surface area contributed by atoms with E-state index in [9.17, 15) is 4.79 Å². The van der Waals surface area contributed by atoms with E-state index in [1.807, 2.05) is 19.9 Å². The van der Waals surface area contributed by atoms with Crippen LogP contribution in [0, 0.1) is 12.8 Å². The number of rotatable bonds is 4. The first kappa shape index (κ1) is 11.1. The number of carbonyl (C=O) groups excluding carboxylic acids is 1. The van der Waals surface area contributed by atoms with Crippen molar-refractivity contribution in [1.82, 2.24) is 4.37 Å². The summed E-state index contributed by atoms with van der Waals surface area (Å²) < 4.78 is 8.97. The Morgan fingerprint density at radius 3 is 3.00 bits per heavy atom. The van der Waals surface area contributed by atoms with Crippen molar-refractivity contribution < 1.29 is 9.53 Å². The van der Waals surface area contributed by atoms with E-state index in [0.29, 0.717) is 6.61 Å². The molecule has 0 aliphatic carbocycles. The lowest BCUT2D eigenvalue weighted by Crippen LogP contribution is -2.23. The topological polar surface area (TPSA) is 51.2 Å². The van der Waals surface area contributed by atoms with Crippen LogP contribution >= 0.6 is 11.5 Å². The molecule has 0 aliphatic rings. The van der Waals surface area contributed by atoms with Crippen molar-refractivity contribution >= 4 is 22.4 Å². The minimum Gasteiger partial charge on any atom is -0.384 e. The van der Waals surface area contributed by atoms with E-state index in [2.05, 4.69) is 9.69 Å². The van der Waals surface area contributed by atoms with Crippen molar-refractivity contribution in [2.75, 3.05) is 19.0 Å². The molecule has 1 heterocycles. The molecule has 1 N–H and O–H groups in total. The number of hydrogen-bond acceptors (Lipinski definition) is 4. The van der Waals surface area contributed by atoms with Crippen molar-refractivity contribution in [3.8, 4) is 0 Å². The molecule has 1 amide bonds. The van der Waals surface area contributed by atoms with Crippen LogP contribution in [-0.4, -0.2) is 24.0 Å². The second-order valence-corrected chi connectivity index (χ2v) is 3.98. The standard InChI is InChI=1S/C9H14N2O2S/c1-6(5-13-3)9(12)10-8-4-7(2)11-14-8/h4,6H,5H2,1-3H3,(H,10,12)/t6-/m0/s1. The van der Waals surface area contributed by atoms with E-state index in [4.69, 9.17) is 4.74 Å². The summed E-state index contributed by atoms with van der Waals surface area (Å²) in [6, 6.07) is 1.85. The monoisotopic (exact) mass is 214 g/mol. The summed E-state index contributed by atoms with van der Waals surface area (Å²) >= 11 is 1.29. The predicted molar refractivity (Wildman–Crippen MR) is 56.5 cm³/mol. The van der Waals surface area contributed by atoms with E-state index in [1.165, 1.54) is 11.5 Å². The number of hydrogen-bond donors (Lipinski definition) is 1. The highest BCUT2D eigenvalue weighted by Gasteiger charge is 2.13. The highest BCUT2D eigenvalue weighted by atomic mass is 32.1. The van der Waals surface area contributed by atoms with Crippen molar-refractivity contribution in [2.24, 2.45) is 5.92 Å². The summed E-state index contributed by atoms with van der Waals surface area (Å²) in [5.41, 5.74) is 0.921. The smallest absolute Gasteiger partial charge is 0.230 e. The van der Waals surface area contributed by atoms with Gasteiger partial charge in [0.25, 0.3) is 0 Å². The molecule has 0 bridgehead atoms. The molecule has 1 atom stereocenters. The normalized spacial score (nSPS) is 12.5. The van der Waals surface area contributed by atoms with Crippen molar-refractivity contribution in [1.29, 1.82) is 0 Å². The maximum Gasteiger partial charge on any atom is 0.230 e. The maximum absolute atomic E-state index is 11.5. The minimum absolute atomic E-state index is 0.0319. The zero-order chi connectivity index (χ0) is 10.6. The van der Waals surface area contributed by atoms with Gasteiger partial charge in [0.05, 0.1) is 18.2 Å². The number of nitrogens with zero attached hydrogens (tertiary/aromatic N) is 1. The fourth-order valence-electron chi connectivity index (χ4n) is 0.993. The van der Waals surface area contributed by atoms with Crippen molar-refractivity contribution in [3.63, 3.8) is 0 Å². The Balaban J connectivity index is 2.48. The van der Waals surface area contributed by atoms with E-state index < -0.39 is 0 Å². The fourth-order valence-corrected chi connectivity index (χ4v) is 1.66. The summed E-state index contributed by atoms with van der Waals surface area (Å²) in [6.45, 7) is 4.15. The number of anilines is 1. The van der Waals surface area contributed by atoms with Crippen LogP contribution in [0.2, 0.25) is 0 Å². The van der Waals surface area contributed by atoms with E-state index >= 15 is 0 Å². The molecule has 78 valence electrons. The minimum atomic E-state index is -0.137. The highest BCUT2D eigenvalue weighted by molar-refractivity contribution is 7.10. The zero-order valence-corrected chi connectivity index (χ0v) is 9.35. The predicted octanol–water partition coefficient (Wildman–Crippen LogP) is 1.67. The van der Waals surface area contributed by atoms with Gasteiger partial charge in [-0.15, -0.1) is 0 Å². The molecule has 5 heteroatoms. The largest absolute Gasteiger partial charge is 0.384 e. The quantitative estimate of drug-likeness (QED) is 0.829. The molecule has 14 heavy (non-hydrogen) atoms. The molecular formula is C9H14N2O2S. The van der Waals surface area contributed by atoms with Crippen molar-refractivity contribution in [2.45, 2.75) is 13.8 Å². The SMILES string of the molecule is COC[C@H](C)C(=O)Nc1cc(C)ns1. The van der Waals surface area contributed by atoms with Crippen LogP contribution in [0.3, 0.4) is 0 Å². The van der Waals surface area contributed by atoms with Gasteiger partial charge in [-0.2, -0.15) is 4.37 Å². The van der Waals surface area contributed by atoms with Gasteiger partial charge in [0.2, 0.25) is 5.91 Å². The lowest BCUT2D eigenvalue weighted by molar-refractivity contribution is -0.120. The molecule has 0 unspecified atom stereocenters. The summed E-state index contributed by atoms with van der Waals surface area (Å²) in [5.74, 6) is -0.169. The molecule has 4 nitrogen and oxygen atoms in total. The molecule has 0 fully saturated rings. The Morgan fingerprint density at radius 2 is 2.50 bits per heavy atom. The number of aryl methyl sites for hydroxylation is 1. The molecule has 1 aromatic rings. The number of methoxy groups -OCH3 is 1. The van der Waals surface area contributed by atoms with Crippen LogP contribution in [0.1, 0.15) is 12.6 Å². The molecule has 1 rings (SSSR count). The molecule has 0 radical (unpaired) electrons. The van der Waals surface area contributed by atoms with Crippen LogP contribution in [0.15, 0.2) is 6.07 Å². The number of amides is 1. The van der Waals surface area contributed by atoms with Crippen LogP contribution in [0.25, 0.3) is 0 Å². The lowest BCUT2D eigenvalue weighted by atomic mass is 10.2. The molecule has 0 saturated heterocycles. The van der Waals surface area contributed by atoms with Crippen LogP contribution < -0.4 is 5.32 Å². The first-order valence-corrected chi connectivity index (χ1v) is 5.14. The Morgan fingerprint density at radius 1 is 1.79 bits per heavy atom. The van der Waals surface area contributed by atoms with Crippen LogP contribution in [0.5, 0.6) is 0 Å². The van der Waals surface area contributed by atoms with Gasteiger partial charge in [-0.05, 0) is 24.5 Å². The van der Waals surface area contributed by atoms with Gasteiger partial charge < -0.3 is 10.1 Å².